The molecule has 2 rings (SSSR count). The van der Waals surface area contributed by atoms with Crippen molar-refractivity contribution >= 4 is 21.8 Å². The Morgan fingerprint density at radius 3 is 2.71 bits per heavy atom. The van der Waals surface area contributed by atoms with E-state index in [0.717, 1.165) is 28.1 Å². The van der Waals surface area contributed by atoms with Gasteiger partial charge in [0.1, 0.15) is 0 Å². The Morgan fingerprint density at radius 1 is 1.53 bits per heavy atom. The molecule has 2 nitrogen and oxygen atoms in total. The van der Waals surface area contributed by atoms with E-state index in [0.29, 0.717) is 5.92 Å². The first-order chi connectivity index (χ1) is 7.99. The van der Waals surface area contributed by atoms with E-state index in [1.165, 1.54) is 6.42 Å². The van der Waals surface area contributed by atoms with Gasteiger partial charge in [0.05, 0.1) is 0 Å². The van der Waals surface area contributed by atoms with Crippen molar-refractivity contribution < 1.29 is 4.79 Å². The minimum atomic E-state index is 0.125. The fraction of sp³-hybridized carbons (Fsp3) is 0.500. The van der Waals surface area contributed by atoms with Crippen LogP contribution in [-0.4, -0.2) is 24.4 Å². The van der Waals surface area contributed by atoms with Crippen LogP contribution < -0.4 is 0 Å². The van der Waals surface area contributed by atoms with Crippen molar-refractivity contribution in [1.29, 1.82) is 0 Å². The van der Waals surface area contributed by atoms with Gasteiger partial charge in [-0.3, -0.25) is 4.79 Å². The average Bonchev–Trinajstić information content (AvgIpc) is 2.97. The molecule has 2 unspecified atom stereocenters. The normalized spacial score (nSPS) is 22.4. The molecule has 17 heavy (non-hydrogen) atoms. The fourth-order valence-corrected chi connectivity index (χ4v) is 2.33. The monoisotopic (exact) mass is 295 g/mol. The predicted octanol–water partition coefficient (Wildman–Crippen LogP) is 3.49. The molecule has 1 aliphatic rings. The van der Waals surface area contributed by atoms with Gasteiger partial charge in [0.2, 0.25) is 0 Å². The number of amides is 1. The van der Waals surface area contributed by atoms with Gasteiger partial charge < -0.3 is 4.90 Å². The first kappa shape index (κ1) is 12.6. The van der Waals surface area contributed by atoms with Crippen LogP contribution in [0.3, 0.4) is 0 Å². The summed E-state index contributed by atoms with van der Waals surface area (Å²) >= 11 is 3.45. The quantitative estimate of drug-likeness (QED) is 0.836. The van der Waals surface area contributed by atoms with Crippen molar-refractivity contribution in [2.75, 3.05) is 13.6 Å². The lowest BCUT2D eigenvalue weighted by molar-refractivity contribution is 0.0787. The molecular formula is C14H18BrNO. The molecule has 1 fully saturated rings. The highest BCUT2D eigenvalue weighted by atomic mass is 79.9. The third-order valence-electron chi connectivity index (χ3n) is 3.54. The van der Waals surface area contributed by atoms with Crippen molar-refractivity contribution in [2.24, 2.45) is 11.8 Å². The predicted molar refractivity (Wildman–Crippen MR) is 73.1 cm³/mol. The topological polar surface area (TPSA) is 20.3 Å². The number of nitrogens with zero attached hydrogens (tertiary/aromatic N) is 1. The van der Waals surface area contributed by atoms with Crippen LogP contribution >= 0.6 is 15.9 Å². The Morgan fingerprint density at radius 2 is 2.18 bits per heavy atom. The van der Waals surface area contributed by atoms with E-state index in [4.69, 9.17) is 0 Å². The molecule has 0 bridgehead atoms. The molecule has 0 radical (unpaired) electrons. The molecule has 0 aromatic heterocycles. The van der Waals surface area contributed by atoms with Gasteiger partial charge in [-0.05, 0) is 48.9 Å². The lowest BCUT2D eigenvalue weighted by Crippen LogP contribution is -2.29. The largest absolute Gasteiger partial charge is 0.341 e. The van der Waals surface area contributed by atoms with Crippen molar-refractivity contribution in [3.05, 3.63) is 33.8 Å². The van der Waals surface area contributed by atoms with E-state index < -0.39 is 0 Å². The summed E-state index contributed by atoms with van der Waals surface area (Å²) in [7, 11) is 1.89. The summed E-state index contributed by atoms with van der Waals surface area (Å²) in [6.07, 6.45) is 1.26. The number of halogens is 1. The van der Waals surface area contributed by atoms with E-state index in [1.807, 2.05) is 37.1 Å². The molecule has 0 spiro atoms. The second-order valence-electron chi connectivity index (χ2n) is 5.12. The first-order valence-electron chi connectivity index (χ1n) is 6.00. The molecule has 3 heteroatoms. The van der Waals surface area contributed by atoms with Crippen LogP contribution in [0.5, 0.6) is 0 Å². The second-order valence-corrected chi connectivity index (χ2v) is 5.98. The molecule has 0 heterocycles. The molecule has 0 saturated heterocycles. The third kappa shape index (κ3) is 2.89. The van der Waals surface area contributed by atoms with Crippen LogP contribution in [0.25, 0.3) is 0 Å². The van der Waals surface area contributed by atoms with Crippen molar-refractivity contribution in [3.8, 4) is 0 Å². The summed E-state index contributed by atoms with van der Waals surface area (Å²) in [6.45, 7) is 5.13. The van der Waals surface area contributed by atoms with Gasteiger partial charge in [-0.1, -0.05) is 22.9 Å². The van der Waals surface area contributed by atoms with Crippen LogP contribution in [-0.2, 0) is 0 Å². The first-order valence-corrected chi connectivity index (χ1v) is 6.80. The van der Waals surface area contributed by atoms with E-state index in [1.54, 1.807) is 0 Å². The van der Waals surface area contributed by atoms with Gasteiger partial charge in [0.15, 0.2) is 0 Å². The highest BCUT2D eigenvalue weighted by Crippen LogP contribution is 2.38. The fourth-order valence-electron chi connectivity index (χ4n) is 2.09. The lowest BCUT2D eigenvalue weighted by atomic mass is 10.1. The van der Waals surface area contributed by atoms with Crippen molar-refractivity contribution in [2.45, 2.75) is 20.3 Å². The summed E-state index contributed by atoms with van der Waals surface area (Å²) in [5.41, 5.74) is 1.88. The van der Waals surface area contributed by atoms with Crippen LogP contribution in [0.15, 0.2) is 22.7 Å². The summed E-state index contributed by atoms with van der Waals surface area (Å²) < 4.78 is 1.05. The molecule has 92 valence electrons. The number of rotatable bonds is 3. The van der Waals surface area contributed by atoms with E-state index in [2.05, 4.69) is 22.9 Å². The minimum Gasteiger partial charge on any atom is -0.341 e. The molecule has 1 amide bonds. The highest BCUT2D eigenvalue weighted by Gasteiger charge is 2.34. The van der Waals surface area contributed by atoms with Crippen LogP contribution in [0.4, 0.5) is 0 Å². The SMILES string of the molecule is Cc1cc(C(=O)N(C)CC2CC2C)ccc1Br. The molecule has 1 aliphatic carbocycles. The third-order valence-corrected chi connectivity index (χ3v) is 4.43. The van der Waals surface area contributed by atoms with Gasteiger partial charge in [-0.25, -0.2) is 0 Å². The van der Waals surface area contributed by atoms with E-state index >= 15 is 0 Å². The maximum absolute atomic E-state index is 12.2. The summed E-state index contributed by atoms with van der Waals surface area (Å²) in [5, 5.41) is 0. The Balaban J connectivity index is 2.05. The molecule has 1 saturated carbocycles. The van der Waals surface area contributed by atoms with Crippen molar-refractivity contribution in [3.63, 3.8) is 0 Å². The lowest BCUT2D eigenvalue weighted by Gasteiger charge is -2.17. The van der Waals surface area contributed by atoms with E-state index in [-0.39, 0.29) is 5.91 Å². The maximum Gasteiger partial charge on any atom is 0.253 e. The smallest absolute Gasteiger partial charge is 0.253 e. The zero-order valence-electron chi connectivity index (χ0n) is 10.5. The molecule has 1 aromatic carbocycles. The average molecular weight is 296 g/mol. The van der Waals surface area contributed by atoms with Crippen LogP contribution in [0, 0.1) is 18.8 Å². The van der Waals surface area contributed by atoms with Gasteiger partial charge >= 0.3 is 0 Å². The zero-order chi connectivity index (χ0) is 12.6. The van der Waals surface area contributed by atoms with Crippen molar-refractivity contribution in [1.82, 2.24) is 4.90 Å². The maximum atomic E-state index is 12.2. The van der Waals surface area contributed by atoms with Gasteiger partial charge in [0, 0.05) is 23.6 Å². The number of carbonyl (C=O) groups excluding carboxylic acids is 1. The number of aryl methyl sites for hydroxylation is 1. The molecule has 1 aromatic rings. The van der Waals surface area contributed by atoms with Gasteiger partial charge in [-0.15, -0.1) is 0 Å². The number of benzene rings is 1. The summed E-state index contributed by atoms with van der Waals surface area (Å²) in [4.78, 5) is 14.0. The standard InChI is InChI=1S/C14H18BrNO/c1-9-6-12(9)8-16(3)14(17)11-4-5-13(15)10(2)7-11/h4-5,7,9,12H,6,8H2,1-3H3. The second kappa shape index (κ2) is 4.81. The molecule has 0 N–H and O–H groups in total. The number of hydrogen-bond acceptors (Lipinski definition) is 1. The van der Waals surface area contributed by atoms with Crippen LogP contribution in [0.2, 0.25) is 0 Å². The molecule has 2 atom stereocenters. The Labute approximate surface area is 111 Å². The zero-order valence-corrected chi connectivity index (χ0v) is 12.1. The van der Waals surface area contributed by atoms with Gasteiger partial charge in [0.25, 0.3) is 5.91 Å². The number of carbonyl (C=O) groups is 1. The van der Waals surface area contributed by atoms with Crippen LogP contribution in [0.1, 0.15) is 29.3 Å². The molecule has 0 aliphatic heterocycles. The Hall–Kier alpha value is -0.830. The highest BCUT2D eigenvalue weighted by molar-refractivity contribution is 9.10. The van der Waals surface area contributed by atoms with E-state index in [9.17, 15) is 4.79 Å². The van der Waals surface area contributed by atoms with Gasteiger partial charge in [-0.2, -0.15) is 0 Å². The number of hydrogen-bond donors (Lipinski definition) is 0. The Bertz CT molecular complexity index is 444. The summed E-state index contributed by atoms with van der Waals surface area (Å²) in [5.74, 6) is 1.62. The molecular weight excluding hydrogens is 278 g/mol. The minimum absolute atomic E-state index is 0.125. The summed E-state index contributed by atoms with van der Waals surface area (Å²) in [6, 6.07) is 5.77. The Kier molecular flexibility index (Phi) is 3.57.